The number of amides is 13. The van der Waals surface area contributed by atoms with Gasteiger partial charge in [0.25, 0.3) is 0 Å². The molecule has 0 saturated heterocycles. The molecule has 139 heavy (non-hydrogen) atoms. The van der Waals surface area contributed by atoms with Crippen LogP contribution in [0.1, 0.15) is 152 Å². The maximum Gasteiger partial charge on any atom is 0.243 e. The van der Waals surface area contributed by atoms with E-state index in [0.717, 1.165) is 25.8 Å². The van der Waals surface area contributed by atoms with E-state index in [1.165, 1.54) is 19.6 Å². The number of unbranched alkanes of at least 4 members (excludes halogenated alkanes) is 7. The molecule has 2 rings (SSSR count). The zero-order valence-corrected chi connectivity index (χ0v) is 126. The van der Waals surface area contributed by atoms with Crippen molar-refractivity contribution in [3.63, 3.8) is 0 Å². The molecule has 0 heterocycles. The molecule has 794 valence electrons. The summed E-state index contributed by atoms with van der Waals surface area (Å²) in [6.07, 6.45) is 6.98. The second-order valence-corrected chi connectivity index (χ2v) is 30.8. The smallest absolute Gasteiger partial charge is 0.243 e. The van der Waals surface area contributed by atoms with Gasteiger partial charge in [0.1, 0.15) is 36.3 Å². The molecule has 0 spiro atoms. The second kappa shape index (κ2) is 109. The van der Waals surface area contributed by atoms with Crippen molar-refractivity contribution in [1.82, 2.24) is 119 Å². The van der Waals surface area contributed by atoms with Gasteiger partial charge in [0, 0.05) is 435 Å². The first-order chi connectivity index (χ1) is 58.5. The average Bonchev–Trinajstić information content (AvgIpc) is 0.835. The molecule has 0 saturated carbocycles. The summed E-state index contributed by atoms with van der Waals surface area (Å²) in [5, 5.41) is 44.1. The Balaban J connectivity index is -0.000000739. The molecule has 7 atom stereocenters. The summed E-state index contributed by atoms with van der Waals surface area (Å²) in [5.41, 5.74) is 1.45. The van der Waals surface area contributed by atoms with Crippen molar-refractivity contribution in [3.05, 3.63) is 185 Å². The molecule has 15 N–H and O–H groups in total. The minimum Gasteiger partial charge on any atom is -0.610 e. The predicted octanol–water partition coefficient (Wildman–Crippen LogP) is 1.28. The van der Waals surface area contributed by atoms with Crippen LogP contribution in [0.25, 0.3) is 0 Å². The van der Waals surface area contributed by atoms with Crippen LogP contribution in [0, 0.1) is 113 Å². The van der Waals surface area contributed by atoms with E-state index in [0.29, 0.717) is 116 Å². The first kappa shape index (κ1) is 174. The molecule has 0 bridgehead atoms. The molecule has 2 aromatic rings. The summed E-state index contributed by atoms with van der Waals surface area (Å²) in [6.45, 7) is 2.79. The number of hydrogen-bond donors (Lipinski definition) is 15. The molecule has 0 radical (unpaired) electrons. The van der Waals surface area contributed by atoms with Gasteiger partial charge in [-0.2, -0.15) is 0 Å². The van der Waals surface area contributed by atoms with E-state index in [4.69, 9.17) is 0 Å². The van der Waals surface area contributed by atoms with Gasteiger partial charge in [0.15, 0.2) is 0 Å². The molecule has 2 aromatic carbocycles. The summed E-state index contributed by atoms with van der Waals surface area (Å²) < 4.78 is 0. The molecule has 0 aliphatic carbocycles. The minimum atomic E-state index is -1.35. The van der Waals surface area contributed by atoms with Crippen molar-refractivity contribution in [2.75, 3.05) is 111 Å². The fraction of sp³-hybridized carbons (Fsp3) is 0.529. The first-order valence-corrected chi connectivity index (χ1v) is 41.9. The number of hydrogen-bond acceptors (Lipinski definition) is 23. The van der Waals surface area contributed by atoms with Gasteiger partial charge < -0.3 is 232 Å². The molecular formula is C87H141N23O13W16-16. The molecule has 7 unspecified atom stereocenters. The zero-order valence-electron chi connectivity index (χ0n) is 79.0. The van der Waals surface area contributed by atoms with Crippen LogP contribution in [0.4, 0.5) is 0 Å². The number of carbonyl (C=O) groups excluding carboxylic acids is 13. The summed E-state index contributed by atoms with van der Waals surface area (Å²) >= 11 is 0. The van der Waals surface area contributed by atoms with Crippen LogP contribution in [0.15, 0.2) is 60.7 Å². The van der Waals surface area contributed by atoms with E-state index in [2.05, 4.69) is 193 Å². The number of nitrogens with one attached hydrogen (secondary N) is 15. The quantitative estimate of drug-likeness (QED) is 0.0328. The van der Waals surface area contributed by atoms with Crippen LogP contribution in [0.5, 0.6) is 0 Å². The van der Waals surface area contributed by atoms with Crippen LogP contribution in [-0.2, 0) is 399 Å². The molecular weight excluding hydrogens is 4520 g/mol. The number of nitrogens with zero attached hydrogens (tertiary/aromatic N) is 8. The molecule has 0 aromatic heterocycles. The Labute approximate surface area is 1060 Å². The summed E-state index contributed by atoms with van der Waals surface area (Å²) in [7, 11) is 58.4. The van der Waals surface area contributed by atoms with Gasteiger partial charge >= 0.3 is 0 Å². The van der Waals surface area contributed by atoms with E-state index < -0.39 is 95.5 Å². The van der Waals surface area contributed by atoms with Gasteiger partial charge in [0.2, 0.25) is 76.8 Å². The van der Waals surface area contributed by atoms with Crippen LogP contribution in [-0.4, -0.2) is 270 Å². The summed E-state index contributed by atoms with van der Waals surface area (Å²) in [4.78, 5) is 188. The van der Waals surface area contributed by atoms with E-state index in [9.17, 15) is 52.7 Å². The van der Waals surface area contributed by atoms with Gasteiger partial charge in [-0.3, -0.25) is 62.3 Å². The monoisotopic (exact) mass is 4660 g/mol. The summed E-state index contributed by atoms with van der Waals surface area (Å²) in [6, 6.07) is 10.3. The zero-order chi connectivity index (χ0) is 91.4. The van der Waals surface area contributed by atoms with Crippen molar-refractivity contribution in [1.29, 1.82) is 0 Å². The molecule has 52 heteroatoms. The van der Waals surface area contributed by atoms with E-state index >= 15 is 9.59 Å². The number of rotatable bonds is 70. The third-order valence-electron chi connectivity index (χ3n) is 18.8. The fourth-order valence-electron chi connectivity index (χ4n) is 12.7. The first-order valence-electron chi connectivity index (χ1n) is 41.9. The average molecular weight is 4660 g/mol. The van der Waals surface area contributed by atoms with Crippen LogP contribution < -0.4 is 79.8 Å². The SMILES string of the molecule is [CH2-]N([CH2-])CCNCCCCC(NC(=O)CN([CH2-])[CH2-])C(=O)NC(CCCCNC(=O)C(CCCCNC(=O)CN([CH2-])[CH2-])NC(=O)CN([CH2-])[CH2-])C(=O)NC(CCCCNC(=O)C(CCCCNCC(CCCCNC(=O)CN([CH2-])[CH2-])NC(=O)CN([CH2-])[CH2-])NC(=O)C(CCCCNC(=O)CN([CH2-])[CH2-])NC(=O)CN([CH2-])[CH2-])C(=O)NC(c1ccccc1)c1ccccc1.[W].[W].[W].[W].[W].[W].[W].[W].[W].[W].[W].[W].[W].[W].[W].[W]. The topological polar surface area (TPSA) is 428 Å². The molecule has 0 fully saturated rings. The normalized spacial score (nSPS) is 11.7. The fourth-order valence-corrected chi connectivity index (χ4v) is 12.7. The van der Waals surface area contributed by atoms with Gasteiger partial charge in [-0.05, 0) is 166 Å². The van der Waals surface area contributed by atoms with Crippen LogP contribution in [0.2, 0.25) is 0 Å². The van der Waals surface area contributed by atoms with E-state index in [1.807, 2.05) is 60.7 Å². The van der Waals surface area contributed by atoms with Crippen molar-refractivity contribution in [3.8, 4) is 0 Å². The van der Waals surface area contributed by atoms with Crippen molar-refractivity contribution in [2.24, 2.45) is 0 Å². The molecule has 13 amide bonds. The second-order valence-electron chi connectivity index (χ2n) is 30.8. The Morgan fingerprint density at radius 1 is 0.216 bits per heavy atom. The van der Waals surface area contributed by atoms with Crippen LogP contribution in [0.3, 0.4) is 0 Å². The van der Waals surface area contributed by atoms with Gasteiger partial charge in [-0.1, -0.05) is 60.7 Å². The largest absolute Gasteiger partial charge is 0.610 e. The van der Waals surface area contributed by atoms with Gasteiger partial charge in [-0.15, -0.1) is 0 Å². The number of benzene rings is 2. The maximum atomic E-state index is 15.3. The standard InChI is InChI=1S/C87H141N23O13.16W/c1-103(2)56-55-88-48-30-24-44-70(97-79(116)63-109(13)14)85(121)100-72(46-28-35-53-93-82(118)68(96-78(115)62-108(11)12)42-26-33-51-91-75(112)59-105(5)6)86(122)101-73(87(123)102-81(65-37-19-17-20-38-65)66-39-21-18-22-40-66)47-29-36-54-94-83(119)69(99-84(120)71(98-80(117)64-110(15)16)45-27-34-52-92-76(113)60-106(7)8)43-25-31-49-89-57-67(95-77(114)61-107(9)10)41-23-32-50-90-74(111)58-104(3)4;;;;;;;;;;;;;;;;/h17-22,37-40,67-73,81,88-89H,1-16,23-36,41-64H2,(H,90,111)(H,91,112)(H,92,113)(H,93,118)(H,94,119)(H,95,114)(H,96,115)(H,97,116)(H,98,117)(H,99,120)(H,100,121)(H,101,122)(H,102,123);;;;;;;;;;;;;;;;/q-16;;;;;;;;;;;;;;;;. The van der Waals surface area contributed by atoms with Crippen molar-refractivity contribution < 1.29 is 399 Å². The molecule has 36 nitrogen and oxygen atoms in total. The van der Waals surface area contributed by atoms with E-state index in [1.54, 1.807) is 4.90 Å². The third kappa shape index (κ3) is 93.5. The molecule has 0 aliphatic heterocycles. The van der Waals surface area contributed by atoms with E-state index in [-0.39, 0.29) is 496 Å². The van der Waals surface area contributed by atoms with Gasteiger partial charge in [-0.25, -0.2) is 0 Å². The number of carbonyl (C=O) groups is 13. The Kier molecular flexibility index (Phi) is 136. The van der Waals surface area contributed by atoms with Crippen LogP contribution >= 0.6 is 0 Å². The maximum absolute atomic E-state index is 15.3. The Bertz CT molecular complexity index is 3410. The Morgan fingerprint density at radius 2 is 0.439 bits per heavy atom. The van der Waals surface area contributed by atoms with Crippen molar-refractivity contribution >= 4 is 76.8 Å². The van der Waals surface area contributed by atoms with Crippen molar-refractivity contribution in [2.45, 2.75) is 183 Å². The van der Waals surface area contributed by atoms with Gasteiger partial charge in [0.05, 0.1) is 6.04 Å². The predicted molar refractivity (Wildman–Crippen MR) is 473 cm³/mol. The Hall–Kier alpha value is 2.16. The summed E-state index contributed by atoms with van der Waals surface area (Å²) in [5.74, 6) is -6.49. The molecule has 0 aliphatic rings. The Morgan fingerprint density at radius 3 is 0.719 bits per heavy atom. The minimum absolute atomic E-state index is 0. The third-order valence-corrected chi connectivity index (χ3v) is 18.8.